The van der Waals surface area contributed by atoms with Gasteiger partial charge in [-0.1, -0.05) is 95.0 Å². The van der Waals surface area contributed by atoms with Gasteiger partial charge in [-0.2, -0.15) is 0 Å². The Morgan fingerprint density at radius 2 is 1.10 bits per heavy atom. The number of unbranched alkanes of at least 4 members (excludes halogenated alkanes) is 10. The summed E-state index contributed by atoms with van der Waals surface area (Å²) in [5.41, 5.74) is 1.28. The SMILES string of the molecule is CCCCCCCCOC(=O)CCCCCCCCC(=O)OCCCc1ccccc1. The fourth-order valence-corrected chi connectivity index (χ4v) is 3.57. The van der Waals surface area contributed by atoms with E-state index < -0.39 is 0 Å². The molecule has 0 saturated carbocycles. The minimum Gasteiger partial charge on any atom is -0.466 e. The summed E-state index contributed by atoms with van der Waals surface area (Å²) in [6, 6.07) is 10.3. The number of rotatable bonds is 20. The predicted molar refractivity (Wildman–Crippen MR) is 127 cm³/mol. The molecule has 0 atom stereocenters. The number of aryl methyl sites for hydroxylation is 1. The highest BCUT2D eigenvalue weighted by Gasteiger charge is 2.04. The van der Waals surface area contributed by atoms with E-state index >= 15 is 0 Å². The summed E-state index contributed by atoms with van der Waals surface area (Å²) in [7, 11) is 0. The maximum atomic E-state index is 11.8. The van der Waals surface area contributed by atoms with Crippen molar-refractivity contribution in [2.45, 2.75) is 110 Å². The van der Waals surface area contributed by atoms with Crippen molar-refractivity contribution in [3.8, 4) is 0 Å². The molecule has 4 heteroatoms. The molecule has 1 rings (SSSR count). The molecule has 0 bridgehead atoms. The van der Waals surface area contributed by atoms with Crippen molar-refractivity contribution in [1.82, 2.24) is 0 Å². The van der Waals surface area contributed by atoms with Crippen molar-refractivity contribution in [2.24, 2.45) is 0 Å². The molecule has 176 valence electrons. The molecule has 0 radical (unpaired) electrons. The standard InChI is InChI=1S/C27H44O4/c1-2-3-4-5-10-16-23-30-26(28)21-14-8-6-7-9-15-22-27(29)31-24-17-20-25-18-12-11-13-19-25/h11-13,18-19H,2-10,14-17,20-24H2,1H3. The van der Waals surface area contributed by atoms with Gasteiger partial charge in [-0.25, -0.2) is 0 Å². The first-order valence-electron chi connectivity index (χ1n) is 12.6. The molecule has 1 aromatic carbocycles. The second-order valence-electron chi connectivity index (χ2n) is 8.42. The van der Waals surface area contributed by atoms with E-state index in [4.69, 9.17) is 9.47 Å². The molecule has 1 aromatic rings. The molecule has 0 amide bonds. The number of carbonyl (C=O) groups excluding carboxylic acids is 2. The Bertz CT molecular complexity index is 556. The molecule has 0 aliphatic rings. The zero-order chi connectivity index (χ0) is 22.4. The molecule has 0 unspecified atom stereocenters. The minimum atomic E-state index is -0.0822. The lowest BCUT2D eigenvalue weighted by molar-refractivity contribution is -0.144. The highest BCUT2D eigenvalue weighted by molar-refractivity contribution is 5.69. The third kappa shape index (κ3) is 17.5. The third-order valence-electron chi connectivity index (χ3n) is 5.49. The summed E-state index contributed by atoms with van der Waals surface area (Å²) >= 11 is 0. The van der Waals surface area contributed by atoms with E-state index in [1.54, 1.807) is 0 Å². The Morgan fingerprint density at radius 1 is 0.613 bits per heavy atom. The predicted octanol–water partition coefficient (Wildman–Crippen LogP) is 7.19. The van der Waals surface area contributed by atoms with Crippen LogP contribution in [0.3, 0.4) is 0 Å². The van der Waals surface area contributed by atoms with Gasteiger partial charge in [0.15, 0.2) is 0 Å². The molecular weight excluding hydrogens is 388 g/mol. The number of esters is 2. The van der Waals surface area contributed by atoms with Crippen LogP contribution in [0, 0.1) is 0 Å². The molecule has 4 nitrogen and oxygen atoms in total. The smallest absolute Gasteiger partial charge is 0.305 e. The van der Waals surface area contributed by atoms with Crippen molar-refractivity contribution in [3.05, 3.63) is 35.9 Å². The minimum absolute atomic E-state index is 0.0523. The molecule has 0 heterocycles. The maximum Gasteiger partial charge on any atom is 0.305 e. The van der Waals surface area contributed by atoms with Gasteiger partial charge < -0.3 is 9.47 Å². The topological polar surface area (TPSA) is 52.6 Å². The van der Waals surface area contributed by atoms with E-state index in [-0.39, 0.29) is 11.9 Å². The lowest BCUT2D eigenvalue weighted by atomic mass is 10.1. The number of ether oxygens (including phenoxy) is 2. The van der Waals surface area contributed by atoms with Crippen LogP contribution in [-0.2, 0) is 25.5 Å². The van der Waals surface area contributed by atoms with Crippen LogP contribution < -0.4 is 0 Å². The van der Waals surface area contributed by atoms with Crippen LogP contribution in [0.4, 0.5) is 0 Å². The van der Waals surface area contributed by atoms with Gasteiger partial charge in [0, 0.05) is 12.8 Å². The van der Waals surface area contributed by atoms with Crippen LogP contribution in [-0.4, -0.2) is 25.2 Å². The van der Waals surface area contributed by atoms with Gasteiger partial charge in [0.25, 0.3) is 0 Å². The third-order valence-corrected chi connectivity index (χ3v) is 5.49. The van der Waals surface area contributed by atoms with E-state index in [0.29, 0.717) is 26.1 Å². The molecule has 0 aliphatic carbocycles. The van der Waals surface area contributed by atoms with Gasteiger partial charge in [0.05, 0.1) is 13.2 Å². The van der Waals surface area contributed by atoms with Gasteiger partial charge in [-0.3, -0.25) is 9.59 Å². The van der Waals surface area contributed by atoms with E-state index in [1.807, 2.05) is 18.2 Å². The summed E-state index contributed by atoms with van der Waals surface area (Å²) < 4.78 is 10.6. The first-order chi connectivity index (χ1) is 15.2. The van der Waals surface area contributed by atoms with E-state index in [0.717, 1.165) is 64.2 Å². The lowest BCUT2D eigenvalue weighted by Gasteiger charge is -2.06. The summed E-state index contributed by atoms with van der Waals surface area (Å²) in [5, 5.41) is 0. The fourth-order valence-electron chi connectivity index (χ4n) is 3.57. The van der Waals surface area contributed by atoms with Gasteiger partial charge >= 0.3 is 11.9 Å². The van der Waals surface area contributed by atoms with Crippen LogP contribution in [0.1, 0.15) is 109 Å². The molecule has 0 saturated heterocycles. The molecule has 0 aromatic heterocycles. The molecule has 0 N–H and O–H groups in total. The normalized spacial score (nSPS) is 10.7. The summed E-state index contributed by atoms with van der Waals surface area (Å²) in [6.45, 7) is 3.30. The van der Waals surface area contributed by atoms with Crippen LogP contribution in [0.25, 0.3) is 0 Å². The molecule has 0 fully saturated rings. The number of hydrogen-bond acceptors (Lipinski definition) is 4. The van der Waals surface area contributed by atoms with Gasteiger partial charge in [0.1, 0.15) is 0 Å². The Labute approximate surface area is 190 Å². The zero-order valence-electron chi connectivity index (χ0n) is 19.7. The molecular formula is C27H44O4. The Kier molecular flexibility index (Phi) is 17.6. The molecule has 0 aliphatic heterocycles. The number of benzene rings is 1. The van der Waals surface area contributed by atoms with Crippen LogP contribution >= 0.6 is 0 Å². The Morgan fingerprint density at radius 3 is 1.68 bits per heavy atom. The maximum absolute atomic E-state index is 11.8. The molecule has 0 spiro atoms. The lowest BCUT2D eigenvalue weighted by Crippen LogP contribution is -2.06. The highest BCUT2D eigenvalue weighted by atomic mass is 16.5. The van der Waals surface area contributed by atoms with Gasteiger partial charge in [0.2, 0.25) is 0 Å². The van der Waals surface area contributed by atoms with E-state index in [2.05, 4.69) is 19.1 Å². The second-order valence-corrected chi connectivity index (χ2v) is 8.42. The fraction of sp³-hybridized carbons (Fsp3) is 0.704. The van der Waals surface area contributed by atoms with Crippen molar-refractivity contribution >= 4 is 11.9 Å². The largest absolute Gasteiger partial charge is 0.466 e. The van der Waals surface area contributed by atoms with Gasteiger partial charge in [-0.05, 0) is 37.7 Å². The first-order valence-corrected chi connectivity index (χ1v) is 12.6. The van der Waals surface area contributed by atoms with Gasteiger partial charge in [-0.15, -0.1) is 0 Å². The Hall–Kier alpha value is -1.84. The zero-order valence-corrected chi connectivity index (χ0v) is 19.7. The monoisotopic (exact) mass is 432 g/mol. The van der Waals surface area contributed by atoms with Crippen molar-refractivity contribution < 1.29 is 19.1 Å². The van der Waals surface area contributed by atoms with E-state index in [1.165, 1.54) is 31.2 Å². The van der Waals surface area contributed by atoms with Crippen LogP contribution in [0.2, 0.25) is 0 Å². The van der Waals surface area contributed by atoms with Crippen molar-refractivity contribution in [1.29, 1.82) is 0 Å². The molecule has 31 heavy (non-hydrogen) atoms. The number of hydrogen-bond donors (Lipinski definition) is 0. The van der Waals surface area contributed by atoms with Crippen LogP contribution in [0.15, 0.2) is 30.3 Å². The van der Waals surface area contributed by atoms with Crippen molar-refractivity contribution in [3.63, 3.8) is 0 Å². The summed E-state index contributed by atoms with van der Waals surface area (Å²) in [4.78, 5) is 23.5. The van der Waals surface area contributed by atoms with Crippen LogP contribution in [0.5, 0.6) is 0 Å². The quantitative estimate of drug-likeness (QED) is 0.162. The average molecular weight is 433 g/mol. The highest BCUT2D eigenvalue weighted by Crippen LogP contribution is 2.11. The second kappa shape index (κ2) is 20.1. The van der Waals surface area contributed by atoms with E-state index in [9.17, 15) is 9.59 Å². The Balaban J connectivity index is 1.81. The first kappa shape index (κ1) is 27.2. The van der Waals surface area contributed by atoms with Crippen molar-refractivity contribution in [2.75, 3.05) is 13.2 Å². The number of carbonyl (C=O) groups is 2. The summed E-state index contributed by atoms with van der Waals surface area (Å²) in [6.07, 6.45) is 16.2. The average Bonchev–Trinajstić information content (AvgIpc) is 2.78. The summed E-state index contributed by atoms with van der Waals surface area (Å²) in [5.74, 6) is -0.135.